The van der Waals surface area contributed by atoms with E-state index in [2.05, 4.69) is 64.5 Å². The Morgan fingerprint density at radius 2 is 1.17 bits per heavy atom. The molecule has 0 bridgehead atoms. The summed E-state index contributed by atoms with van der Waals surface area (Å²) in [4.78, 5) is 25.0. The van der Waals surface area contributed by atoms with Crippen molar-refractivity contribution < 1.29 is 29.3 Å². The Bertz CT molecular complexity index is 2120. The Balaban J connectivity index is 0.000000305. The van der Waals surface area contributed by atoms with Crippen LogP contribution in [0.3, 0.4) is 0 Å². The van der Waals surface area contributed by atoms with Crippen LogP contribution in [-0.2, 0) is 24.4 Å². The van der Waals surface area contributed by atoms with Gasteiger partial charge in [0.1, 0.15) is 5.82 Å². The van der Waals surface area contributed by atoms with Crippen LogP contribution in [0.4, 0.5) is 10.1 Å². The molecule has 0 saturated carbocycles. The summed E-state index contributed by atoms with van der Waals surface area (Å²) in [7, 11) is 0. The van der Waals surface area contributed by atoms with Crippen LogP contribution < -0.4 is 16.0 Å². The number of benzene rings is 5. The second kappa shape index (κ2) is 22.9. The molecule has 6 rings (SSSR count). The van der Waals surface area contributed by atoms with E-state index in [1.54, 1.807) is 12.1 Å². The first kappa shape index (κ1) is 44.2. The van der Waals surface area contributed by atoms with Gasteiger partial charge in [0.15, 0.2) is 0 Å². The number of aliphatic hydroxyl groups excluding tert-OH is 2. The summed E-state index contributed by atoms with van der Waals surface area (Å²) in [5.74, 6) is -1.93. The van der Waals surface area contributed by atoms with Crippen LogP contribution >= 0.6 is 0 Å². The number of hydrogen-bond acceptors (Lipinski definition) is 6. The summed E-state index contributed by atoms with van der Waals surface area (Å²) >= 11 is 0. The SMILES string of the molecule is CC(C)c1c(C(=O)Nc2ccccc2)c(-c2ccccc2)c(-c2ccc(F)cc2)n1CC[C@@H](O)C[C@@H](O)CC(=O)O.c1ccc(CNCCNCc2ccccc2)cc1. The van der Waals surface area contributed by atoms with Gasteiger partial charge in [-0.25, -0.2) is 4.39 Å². The molecule has 5 aromatic carbocycles. The molecule has 0 aliphatic rings. The zero-order chi connectivity index (χ0) is 42.0. The van der Waals surface area contributed by atoms with E-state index in [0.717, 1.165) is 37.4 Å². The fraction of sp³-hybridized carbons (Fsp3) is 0.265. The predicted molar refractivity (Wildman–Crippen MR) is 234 cm³/mol. The van der Waals surface area contributed by atoms with Crippen molar-refractivity contribution in [3.63, 3.8) is 0 Å². The Kier molecular flexibility index (Phi) is 17.1. The number of para-hydroxylation sites is 1. The first-order valence-corrected chi connectivity index (χ1v) is 20.1. The lowest BCUT2D eigenvalue weighted by molar-refractivity contribution is -0.139. The molecule has 59 heavy (non-hydrogen) atoms. The maximum atomic E-state index is 14.0. The third-order valence-electron chi connectivity index (χ3n) is 9.75. The molecule has 1 aromatic heterocycles. The molecule has 308 valence electrons. The highest BCUT2D eigenvalue weighted by Gasteiger charge is 2.31. The van der Waals surface area contributed by atoms with E-state index in [9.17, 15) is 24.2 Å². The lowest BCUT2D eigenvalue weighted by Crippen LogP contribution is -2.26. The van der Waals surface area contributed by atoms with Gasteiger partial charge in [0, 0.05) is 49.7 Å². The smallest absolute Gasteiger partial charge is 0.305 e. The van der Waals surface area contributed by atoms with E-state index < -0.39 is 24.6 Å². The van der Waals surface area contributed by atoms with Crippen molar-refractivity contribution in [3.05, 3.63) is 174 Å². The first-order valence-electron chi connectivity index (χ1n) is 20.1. The Hall–Kier alpha value is -5.91. The van der Waals surface area contributed by atoms with Crippen LogP contribution in [-0.4, -0.2) is 57.1 Å². The summed E-state index contributed by atoms with van der Waals surface area (Å²) < 4.78 is 16.0. The van der Waals surface area contributed by atoms with Gasteiger partial charge in [-0.2, -0.15) is 0 Å². The third-order valence-corrected chi connectivity index (χ3v) is 9.75. The van der Waals surface area contributed by atoms with E-state index in [1.807, 2.05) is 91.2 Å². The molecule has 10 heteroatoms. The Morgan fingerprint density at radius 1 is 0.661 bits per heavy atom. The number of halogens is 1. The maximum absolute atomic E-state index is 14.0. The molecular weight excluding hydrogens is 744 g/mol. The zero-order valence-electron chi connectivity index (χ0n) is 33.7. The minimum atomic E-state index is -1.18. The molecule has 9 nitrogen and oxygen atoms in total. The van der Waals surface area contributed by atoms with Crippen LogP contribution in [0.15, 0.2) is 146 Å². The van der Waals surface area contributed by atoms with Crippen LogP contribution in [0.5, 0.6) is 0 Å². The van der Waals surface area contributed by atoms with Crippen LogP contribution in [0, 0.1) is 5.82 Å². The van der Waals surface area contributed by atoms with E-state index in [0.29, 0.717) is 28.1 Å². The van der Waals surface area contributed by atoms with Gasteiger partial charge in [0.2, 0.25) is 0 Å². The van der Waals surface area contributed by atoms with Gasteiger partial charge in [0.25, 0.3) is 5.91 Å². The molecule has 0 saturated heterocycles. The van der Waals surface area contributed by atoms with Crippen LogP contribution in [0.25, 0.3) is 22.4 Å². The van der Waals surface area contributed by atoms with Gasteiger partial charge >= 0.3 is 5.97 Å². The summed E-state index contributed by atoms with van der Waals surface area (Å²) in [5, 5.41) is 39.6. The van der Waals surface area contributed by atoms with Crippen molar-refractivity contribution in [1.82, 2.24) is 15.2 Å². The monoisotopic (exact) mass is 798 g/mol. The highest BCUT2D eigenvalue weighted by atomic mass is 19.1. The molecular formula is C49H55FN4O5. The lowest BCUT2D eigenvalue weighted by atomic mass is 9.94. The maximum Gasteiger partial charge on any atom is 0.305 e. The molecule has 0 spiro atoms. The summed E-state index contributed by atoms with van der Waals surface area (Å²) in [6.07, 6.45) is -2.51. The number of hydrogen-bond donors (Lipinski definition) is 6. The molecule has 2 atom stereocenters. The molecule has 0 aliphatic heterocycles. The lowest BCUT2D eigenvalue weighted by Gasteiger charge is -2.20. The molecule has 6 aromatic rings. The number of nitrogens with zero attached hydrogens (tertiary/aromatic N) is 1. The molecule has 0 aliphatic carbocycles. The number of aliphatic carboxylic acids is 1. The molecule has 1 amide bonds. The van der Waals surface area contributed by atoms with E-state index in [1.165, 1.54) is 23.3 Å². The number of carbonyl (C=O) groups excluding carboxylic acids is 1. The predicted octanol–water partition coefficient (Wildman–Crippen LogP) is 8.88. The average Bonchev–Trinajstić information content (AvgIpc) is 3.59. The highest BCUT2D eigenvalue weighted by Crippen LogP contribution is 2.42. The number of aromatic nitrogens is 1. The summed E-state index contributed by atoms with van der Waals surface area (Å²) in [6.45, 7) is 8.10. The van der Waals surface area contributed by atoms with Gasteiger partial charge in [-0.3, -0.25) is 9.59 Å². The minimum Gasteiger partial charge on any atom is -0.481 e. The number of carbonyl (C=O) groups is 2. The summed E-state index contributed by atoms with van der Waals surface area (Å²) in [6, 6.07) is 45.7. The third kappa shape index (κ3) is 13.6. The number of carboxylic acids is 1. The van der Waals surface area contributed by atoms with Gasteiger partial charge in [-0.05, 0) is 77.4 Å². The highest BCUT2D eigenvalue weighted by molar-refractivity contribution is 6.12. The Morgan fingerprint density at radius 3 is 1.68 bits per heavy atom. The molecule has 1 heterocycles. The standard InChI is InChI=1S/C33H35FN2O5.C16H20N2/c1-21(2)31-30(33(41)35-25-11-7-4-8-12-25)29(22-9-5-3-6-10-22)32(23-13-15-24(34)16-14-23)36(31)18-17-26(37)19-27(38)20-28(39)40;1-3-7-15(8-4-1)13-17-11-12-18-14-16-9-5-2-6-10-16/h3-16,21,26-27,37-38H,17-20H2,1-2H3,(H,35,41)(H,39,40);1-10,17-18H,11-14H2/t26-,27-;/m1./s1. The van der Waals surface area contributed by atoms with E-state index >= 15 is 0 Å². The number of aliphatic hydroxyl groups is 2. The average molecular weight is 799 g/mol. The van der Waals surface area contributed by atoms with Gasteiger partial charge in [-0.1, -0.05) is 123 Å². The second-order valence-corrected chi connectivity index (χ2v) is 14.7. The quantitative estimate of drug-likeness (QED) is 0.0451. The number of rotatable bonds is 19. The number of nitrogens with one attached hydrogen (secondary N) is 3. The first-order chi connectivity index (χ1) is 28.6. The molecule has 0 fully saturated rings. The van der Waals surface area contributed by atoms with Gasteiger partial charge in [0.05, 0.1) is 29.9 Å². The second-order valence-electron chi connectivity index (χ2n) is 14.7. The summed E-state index contributed by atoms with van der Waals surface area (Å²) in [5.41, 5.74) is 7.44. The largest absolute Gasteiger partial charge is 0.481 e. The van der Waals surface area contributed by atoms with E-state index in [4.69, 9.17) is 5.11 Å². The number of amides is 1. The molecule has 0 unspecified atom stereocenters. The zero-order valence-corrected chi connectivity index (χ0v) is 33.7. The Labute approximate surface area is 346 Å². The topological polar surface area (TPSA) is 136 Å². The van der Waals surface area contributed by atoms with Crippen molar-refractivity contribution in [2.24, 2.45) is 0 Å². The van der Waals surface area contributed by atoms with Gasteiger partial charge < -0.3 is 35.8 Å². The van der Waals surface area contributed by atoms with E-state index in [-0.39, 0.29) is 37.0 Å². The van der Waals surface area contributed by atoms with Gasteiger partial charge in [-0.15, -0.1) is 0 Å². The van der Waals surface area contributed by atoms with Crippen molar-refractivity contribution in [2.75, 3.05) is 18.4 Å². The van der Waals surface area contributed by atoms with Crippen LogP contribution in [0.1, 0.15) is 66.2 Å². The molecule has 6 N–H and O–H groups in total. The van der Waals surface area contributed by atoms with Crippen molar-refractivity contribution >= 4 is 17.6 Å². The fourth-order valence-corrected chi connectivity index (χ4v) is 7.04. The number of anilines is 1. The minimum absolute atomic E-state index is 0.0939. The molecule has 0 radical (unpaired) electrons. The fourth-order valence-electron chi connectivity index (χ4n) is 7.04. The van der Waals surface area contributed by atoms with Crippen molar-refractivity contribution in [1.29, 1.82) is 0 Å². The normalized spacial score (nSPS) is 12.0. The van der Waals surface area contributed by atoms with Crippen molar-refractivity contribution in [3.8, 4) is 22.4 Å². The number of carboxylic acid groups (broad SMARTS) is 1. The van der Waals surface area contributed by atoms with Crippen molar-refractivity contribution in [2.45, 2.75) is 70.9 Å². The van der Waals surface area contributed by atoms with Crippen LogP contribution in [0.2, 0.25) is 0 Å².